The highest BCUT2D eigenvalue weighted by molar-refractivity contribution is 5.92. The van der Waals surface area contributed by atoms with E-state index in [2.05, 4.69) is 24.4 Å². The largest absolute Gasteiger partial charge is 0.454 e. The minimum absolute atomic E-state index is 0.0188. The predicted octanol–water partition coefficient (Wildman–Crippen LogP) is 5.07. The van der Waals surface area contributed by atoms with Crippen molar-refractivity contribution in [3.63, 3.8) is 0 Å². The Kier molecular flexibility index (Phi) is 5.27. The molecule has 7 nitrogen and oxygen atoms in total. The Morgan fingerprint density at radius 2 is 1.97 bits per heavy atom. The molecule has 0 radical (unpaired) electrons. The maximum atomic E-state index is 13.1. The molecule has 0 aromatic heterocycles. The number of nitrogens with one attached hydrogen (secondary N) is 1. The number of amides is 1. The minimum atomic E-state index is -0.515. The van der Waals surface area contributed by atoms with Gasteiger partial charge in [-0.05, 0) is 79.6 Å². The molecule has 6 rings (SSSR count). The summed E-state index contributed by atoms with van der Waals surface area (Å²) in [6.07, 6.45) is 9.10. The number of anilines is 1. The summed E-state index contributed by atoms with van der Waals surface area (Å²) in [4.78, 5) is 37.8. The van der Waals surface area contributed by atoms with E-state index in [1.54, 1.807) is 31.2 Å². The lowest BCUT2D eigenvalue weighted by atomic mass is 9.51. The van der Waals surface area contributed by atoms with Gasteiger partial charge in [-0.25, -0.2) is 4.79 Å². The van der Waals surface area contributed by atoms with Gasteiger partial charge in [-0.15, -0.1) is 0 Å². The van der Waals surface area contributed by atoms with Crippen molar-refractivity contribution in [1.82, 2.24) is 0 Å². The van der Waals surface area contributed by atoms with Gasteiger partial charge < -0.3 is 14.2 Å². The lowest BCUT2D eigenvalue weighted by Gasteiger charge is -2.54. The van der Waals surface area contributed by atoms with Crippen molar-refractivity contribution in [2.45, 2.75) is 52.1 Å². The Bertz CT molecular complexity index is 1150. The van der Waals surface area contributed by atoms with Crippen LogP contribution in [0.1, 0.15) is 46.0 Å². The van der Waals surface area contributed by atoms with Gasteiger partial charge in [0, 0.05) is 30.0 Å². The monoisotopic (exact) mass is 477 g/mol. The van der Waals surface area contributed by atoms with Gasteiger partial charge in [0.15, 0.2) is 17.3 Å². The Morgan fingerprint density at radius 1 is 1.14 bits per heavy atom. The predicted molar refractivity (Wildman–Crippen MR) is 128 cm³/mol. The lowest BCUT2D eigenvalue weighted by Crippen LogP contribution is -2.54. The fraction of sp³-hybridized carbons (Fsp3) is 0.536. The molecule has 1 aromatic carbocycles. The van der Waals surface area contributed by atoms with E-state index >= 15 is 0 Å². The van der Waals surface area contributed by atoms with E-state index in [1.165, 1.54) is 0 Å². The molecule has 184 valence electrons. The molecule has 1 aromatic rings. The van der Waals surface area contributed by atoms with Gasteiger partial charge in [0.05, 0.1) is 0 Å². The third kappa shape index (κ3) is 3.67. The molecule has 1 amide bonds. The van der Waals surface area contributed by atoms with Crippen molar-refractivity contribution >= 4 is 23.3 Å². The van der Waals surface area contributed by atoms with E-state index in [0.717, 1.165) is 24.8 Å². The van der Waals surface area contributed by atoms with Crippen molar-refractivity contribution in [3.05, 3.63) is 42.0 Å². The average Bonchev–Trinajstić information content (AvgIpc) is 3.41. The van der Waals surface area contributed by atoms with Crippen molar-refractivity contribution in [2.24, 2.45) is 35.0 Å². The summed E-state index contributed by atoms with van der Waals surface area (Å²) < 4.78 is 16.9. The average molecular weight is 478 g/mol. The molecule has 1 N–H and O–H groups in total. The maximum absolute atomic E-state index is 13.1. The standard InChI is InChI=1S/C28H31NO6/c1-15(30)21-8-9-22-20-6-3-16-11-18(31)5-7-19(16)26(20)25(13-28(21,22)2)35-27(32)29-17-4-10-23-24(12-17)34-14-33-23/h3-4,6,10-12,19-22,25-26H,5,7-9,13-14H2,1-2H3,(H,29,32). The van der Waals surface area contributed by atoms with Crippen LogP contribution < -0.4 is 14.8 Å². The van der Waals surface area contributed by atoms with Crippen LogP contribution in [0.3, 0.4) is 0 Å². The smallest absolute Gasteiger partial charge is 0.411 e. The van der Waals surface area contributed by atoms with E-state index in [0.29, 0.717) is 35.9 Å². The normalized spacial score (nSPS) is 36.5. The van der Waals surface area contributed by atoms with Crippen LogP contribution >= 0.6 is 0 Å². The Morgan fingerprint density at radius 3 is 2.80 bits per heavy atom. The van der Waals surface area contributed by atoms with Gasteiger partial charge in [0.25, 0.3) is 0 Å². The molecular formula is C28H31NO6. The van der Waals surface area contributed by atoms with E-state index in [9.17, 15) is 14.4 Å². The molecule has 1 heterocycles. The van der Waals surface area contributed by atoms with E-state index < -0.39 is 6.09 Å². The summed E-state index contributed by atoms with van der Waals surface area (Å²) in [7, 11) is 0. The molecule has 0 bridgehead atoms. The lowest BCUT2D eigenvalue weighted by molar-refractivity contribution is -0.131. The first-order valence-corrected chi connectivity index (χ1v) is 12.6. The number of carbonyl (C=O) groups excluding carboxylic acids is 3. The van der Waals surface area contributed by atoms with Gasteiger partial charge in [-0.1, -0.05) is 19.1 Å². The summed E-state index contributed by atoms with van der Waals surface area (Å²) in [5.74, 6) is 2.48. The van der Waals surface area contributed by atoms with E-state index in [4.69, 9.17) is 14.2 Å². The third-order valence-corrected chi connectivity index (χ3v) is 9.19. The number of ether oxygens (including phenoxy) is 3. The summed E-state index contributed by atoms with van der Waals surface area (Å²) in [6, 6.07) is 5.25. The highest BCUT2D eigenvalue weighted by Gasteiger charge is 2.60. The van der Waals surface area contributed by atoms with Crippen molar-refractivity contribution in [3.8, 4) is 11.5 Å². The molecule has 7 atom stereocenters. The highest BCUT2D eigenvalue weighted by atomic mass is 16.7. The molecular weight excluding hydrogens is 446 g/mol. The zero-order valence-electron chi connectivity index (χ0n) is 20.1. The van der Waals surface area contributed by atoms with Crippen molar-refractivity contribution in [2.75, 3.05) is 12.1 Å². The first-order valence-electron chi connectivity index (χ1n) is 12.6. The molecule has 0 spiro atoms. The molecule has 2 fully saturated rings. The fourth-order valence-corrected chi connectivity index (χ4v) is 7.75. The Hall–Kier alpha value is -3.09. The third-order valence-electron chi connectivity index (χ3n) is 9.19. The number of hydrogen-bond acceptors (Lipinski definition) is 6. The van der Waals surface area contributed by atoms with Crippen LogP contribution in [0.2, 0.25) is 0 Å². The number of carbonyl (C=O) groups is 3. The van der Waals surface area contributed by atoms with Crippen molar-refractivity contribution < 1.29 is 28.6 Å². The minimum Gasteiger partial charge on any atom is -0.454 e. The van der Waals surface area contributed by atoms with Gasteiger partial charge in [-0.3, -0.25) is 14.9 Å². The zero-order valence-corrected chi connectivity index (χ0v) is 20.1. The fourth-order valence-electron chi connectivity index (χ4n) is 7.75. The second-order valence-electron chi connectivity index (χ2n) is 11.0. The number of hydrogen-bond donors (Lipinski definition) is 1. The molecule has 7 unspecified atom stereocenters. The maximum Gasteiger partial charge on any atom is 0.411 e. The zero-order chi connectivity index (χ0) is 24.3. The number of benzene rings is 1. The Balaban J connectivity index is 1.30. The molecule has 4 aliphatic carbocycles. The second kappa shape index (κ2) is 8.25. The highest BCUT2D eigenvalue weighted by Crippen LogP contribution is 2.63. The summed E-state index contributed by atoms with van der Waals surface area (Å²) in [6.45, 7) is 4.07. The quantitative estimate of drug-likeness (QED) is 0.654. The SMILES string of the molecule is CC(=O)C1CCC2C3C=CC4=CC(=O)CCC4C3C(OC(=O)Nc3ccc4c(c3)OCO4)CC12C. The van der Waals surface area contributed by atoms with Crippen LogP contribution in [0.25, 0.3) is 0 Å². The number of rotatable bonds is 3. The number of Topliss-reactive ketones (excluding diaryl/α,β-unsaturated/α-hetero) is 1. The van der Waals surface area contributed by atoms with Crippen LogP contribution in [0.5, 0.6) is 11.5 Å². The van der Waals surface area contributed by atoms with Gasteiger partial charge in [0.1, 0.15) is 11.9 Å². The second-order valence-corrected chi connectivity index (χ2v) is 11.0. The molecule has 2 saturated carbocycles. The molecule has 5 aliphatic rings. The molecule has 7 heteroatoms. The topological polar surface area (TPSA) is 90.9 Å². The first kappa shape index (κ1) is 22.4. The summed E-state index contributed by atoms with van der Waals surface area (Å²) >= 11 is 0. The van der Waals surface area contributed by atoms with Crippen LogP contribution in [-0.4, -0.2) is 30.6 Å². The van der Waals surface area contributed by atoms with Gasteiger partial charge in [0.2, 0.25) is 6.79 Å². The molecule has 1 aliphatic heterocycles. The number of fused-ring (bicyclic) bond motifs is 6. The van der Waals surface area contributed by atoms with E-state index in [-0.39, 0.29) is 53.6 Å². The van der Waals surface area contributed by atoms with E-state index in [1.807, 2.05) is 0 Å². The summed E-state index contributed by atoms with van der Waals surface area (Å²) in [5.41, 5.74) is 1.41. The van der Waals surface area contributed by atoms with Gasteiger partial charge in [-0.2, -0.15) is 0 Å². The Labute approximate surface area is 204 Å². The summed E-state index contributed by atoms with van der Waals surface area (Å²) in [5, 5.41) is 2.85. The molecule has 35 heavy (non-hydrogen) atoms. The van der Waals surface area contributed by atoms with Crippen LogP contribution in [0, 0.1) is 35.0 Å². The van der Waals surface area contributed by atoms with Crippen LogP contribution in [-0.2, 0) is 14.3 Å². The molecule has 0 saturated heterocycles. The van der Waals surface area contributed by atoms with Crippen LogP contribution in [0.15, 0.2) is 42.0 Å². The van der Waals surface area contributed by atoms with Crippen LogP contribution in [0.4, 0.5) is 10.5 Å². The van der Waals surface area contributed by atoms with Crippen molar-refractivity contribution in [1.29, 1.82) is 0 Å². The van der Waals surface area contributed by atoms with Gasteiger partial charge >= 0.3 is 6.09 Å². The number of allylic oxidation sites excluding steroid dienone is 4. The first-order chi connectivity index (χ1) is 16.8. The number of ketones is 2.